The van der Waals surface area contributed by atoms with Crippen LogP contribution in [0.2, 0.25) is 0 Å². The number of hydrogen-bond donors (Lipinski definition) is 0. The van der Waals surface area contributed by atoms with E-state index in [1.54, 1.807) is 0 Å². The predicted molar refractivity (Wildman–Crippen MR) is 57.2 cm³/mol. The van der Waals surface area contributed by atoms with Gasteiger partial charge in [0.05, 0.1) is 0 Å². The second-order valence-corrected chi connectivity index (χ2v) is 5.41. The number of aliphatic imine (C=N–C) groups is 1. The number of hydrogen-bond acceptors (Lipinski definition) is 1. The first-order valence-corrected chi connectivity index (χ1v) is 5.56. The normalized spacial score (nSPS) is 44.6. The number of rotatable bonds is 1. The largest absolute Gasteiger partial charge is 0.294 e. The SMILES string of the molecule is CCN=C1C[C@@H]2CC[C@@]1(C)C2(C)C. The van der Waals surface area contributed by atoms with E-state index < -0.39 is 0 Å². The Bertz CT molecular complexity index is 252. The highest BCUT2D eigenvalue weighted by molar-refractivity contribution is 5.94. The zero-order valence-corrected chi connectivity index (χ0v) is 9.35. The van der Waals surface area contributed by atoms with Crippen LogP contribution >= 0.6 is 0 Å². The van der Waals surface area contributed by atoms with Crippen molar-refractivity contribution in [2.45, 2.75) is 47.0 Å². The van der Waals surface area contributed by atoms with Crippen molar-refractivity contribution in [3.8, 4) is 0 Å². The lowest BCUT2D eigenvalue weighted by Crippen LogP contribution is -2.32. The molecule has 0 saturated heterocycles. The van der Waals surface area contributed by atoms with Crippen LogP contribution in [0.5, 0.6) is 0 Å². The van der Waals surface area contributed by atoms with Gasteiger partial charge < -0.3 is 0 Å². The molecule has 13 heavy (non-hydrogen) atoms. The van der Waals surface area contributed by atoms with Crippen LogP contribution in [0.1, 0.15) is 47.0 Å². The molecule has 2 saturated carbocycles. The zero-order valence-electron chi connectivity index (χ0n) is 9.35. The molecule has 0 aromatic carbocycles. The molecule has 1 nitrogen and oxygen atoms in total. The maximum atomic E-state index is 4.69. The van der Waals surface area contributed by atoms with E-state index in [0.29, 0.717) is 10.8 Å². The average molecular weight is 179 g/mol. The van der Waals surface area contributed by atoms with E-state index in [-0.39, 0.29) is 0 Å². The van der Waals surface area contributed by atoms with Gasteiger partial charge in [0, 0.05) is 17.7 Å². The van der Waals surface area contributed by atoms with Crippen molar-refractivity contribution in [1.82, 2.24) is 0 Å². The first-order chi connectivity index (χ1) is 6.02. The summed E-state index contributed by atoms with van der Waals surface area (Å²) in [5.74, 6) is 0.905. The Hall–Kier alpha value is -0.330. The zero-order chi connectivity index (χ0) is 9.69. The van der Waals surface area contributed by atoms with Crippen LogP contribution in [0.3, 0.4) is 0 Å². The summed E-state index contributed by atoms with van der Waals surface area (Å²) in [5, 5.41) is 0. The van der Waals surface area contributed by atoms with E-state index in [9.17, 15) is 0 Å². The van der Waals surface area contributed by atoms with Crippen LogP contribution < -0.4 is 0 Å². The fraction of sp³-hybridized carbons (Fsp3) is 0.917. The third kappa shape index (κ3) is 0.963. The lowest BCUT2D eigenvalue weighted by Gasteiger charge is -2.34. The van der Waals surface area contributed by atoms with E-state index in [1.807, 2.05) is 0 Å². The van der Waals surface area contributed by atoms with Gasteiger partial charge in [-0.25, -0.2) is 0 Å². The molecule has 1 heteroatoms. The Kier molecular flexibility index (Phi) is 1.84. The Morgan fingerprint density at radius 1 is 1.38 bits per heavy atom. The maximum Gasteiger partial charge on any atom is 0.0360 e. The molecule has 74 valence electrons. The second kappa shape index (κ2) is 2.59. The van der Waals surface area contributed by atoms with Gasteiger partial charge in [-0.15, -0.1) is 0 Å². The average Bonchev–Trinajstić information content (AvgIpc) is 2.37. The topological polar surface area (TPSA) is 12.4 Å². The molecule has 2 fully saturated rings. The molecular weight excluding hydrogens is 158 g/mol. The van der Waals surface area contributed by atoms with Gasteiger partial charge in [0.25, 0.3) is 0 Å². The van der Waals surface area contributed by atoms with Crippen LogP contribution in [0.4, 0.5) is 0 Å². The molecule has 2 aliphatic rings. The highest BCUT2D eigenvalue weighted by atomic mass is 14.8. The van der Waals surface area contributed by atoms with Gasteiger partial charge in [-0.1, -0.05) is 20.8 Å². The van der Waals surface area contributed by atoms with E-state index >= 15 is 0 Å². The molecule has 0 N–H and O–H groups in total. The second-order valence-electron chi connectivity index (χ2n) is 5.41. The summed E-state index contributed by atoms with van der Waals surface area (Å²) < 4.78 is 0. The summed E-state index contributed by atoms with van der Waals surface area (Å²) in [5.41, 5.74) is 2.44. The van der Waals surface area contributed by atoms with Crippen molar-refractivity contribution in [2.24, 2.45) is 21.7 Å². The summed E-state index contributed by atoms with van der Waals surface area (Å²) in [6.07, 6.45) is 4.06. The Morgan fingerprint density at radius 3 is 2.46 bits per heavy atom. The lowest BCUT2D eigenvalue weighted by molar-refractivity contribution is 0.194. The molecule has 0 aromatic heterocycles. The van der Waals surface area contributed by atoms with Crippen LogP contribution in [0, 0.1) is 16.7 Å². The highest BCUT2D eigenvalue weighted by Gasteiger charge is 2.59. The van der Waals surface area contributed by atoms with E-state index in [1.165, 1.54) is 25.0 Å². The summed E-state index contributed by atoms with van der Waals surface area (Å²) in [6.45, 7) is 10.4. The Balaban J connectivity index is 2.38. The monoisotopic (exact) mass is 179 g/mol. The van der Waals surface area contributed by atoms with Crippen molar-refractivity contribution >= 4 is 5.71 Å². The van der Waals surface area contributed by atoms with Gasteiger partial charge in [-0.2, -0.15) is 0 Å². The van der Waals surface area contributed by atoms with Crippen LogP contribution in [0.15, 0.2) is 4.99 Å². The fourth-order valence-corrected chi connectivity index (χ4v) is 3.36. The molecular formula is C12H21N. The van der Waals surface area contributed by atoms with Crippen molar-refractivity contribution in [1.29, 1.82) is 0 Å². The van der Waals surface area contributed by atoms with Gasteiger partial charge in [0.2, 0.25) is 0 Å². The summed E-state index contributed by atoms with van der Waals surface area (Å²) in [4.78, 5) is 4.69. The van der Waals surface area contributed by atoms with Crippen LogP contribution in [0.25, 0.3) is 0 Å². The molecule has 0 amide bonds. The van der Waals surface area contributed by atoms with E-state index in [4.69, 9.17) is 4.99 Å². The molecule has 2 aliphatic carbocycles. The molecule has 0 aromatic rings. The van der Waals surface area contributed by atoms with Gasteiger partial charge in [-0.3, -0.25) is 4.99 Å². The van der Waals surface area contributed by atoms with Gasteiger partial charge in [0.15, 0.2) is 0 Å². The first kappa shape index (κ1) is 9.23. The molecule has 0 unspecified atom stereocenters. The molecule has 2 rings (SSSR count). The molecule has 2 bridgehead atoms. The highest BCUT2D eigenvalue weighted by Crippen LogP contribution is 2.63. The maximum absolute atomic E-state index is 4.69. The summed E-state index contributed by atoms with van der Waals surface area (Å²) in [6, 6.07) is 0. The minimum Gasteiger partial charge on any atom is -0.294 e. The fourth-order valence-electron chi connectivity index (χ4n) is 3.36. The van der Waals surface area contributed by atoms with Gasteiger partial charge in [-0.05, 0) is 37.5 Å². The Morgan fingerprint density at radius 2 is 2.08 bits per heavy atom. The Labute approximate surface area is 81.6 Å². The summed E-state index contributed by atoms with van der Waals surface area (Å²) >= 11 is 0. The minimum atomic E-state index is 0.424. The smallest absolute Gasteiger partial charge is 0.0360 e. The number of nitrogens with zero attached hydrogens (tertiary/aromatic N) is 1. The van der Waals surface area contributed by atoms with Crippen LogP contribution in [-0.2, 0) is 0 Å². The molecule has 2 atom stereocenters. The van der Waals surface area contributed by atoms with Crippen molar-refractivity contribution in [3.05, 3.63) is 0 Å². The van der Waals surface area contributed by atoms with E-state index in [0.717, 1.165) is 12.5 Å². The third-order valence-corrected chi connectivity index (χ3v) is 4.86. The van der Waals surface area contributed by atoms with Crippen LogP contribution in [-0.4, -0.2) is 12.3 Å². The van der Waals surface area contributed by atoms with Crippen molar-refractivity contribution in [3.63, 3.8) is 0 Å². The quantitative estimate of drug-likeness (QED) is 0.585. The molecule has 0 radical (unpaired) electrons. The molecule has 0 aliphatic heterocycles. The standard InChI is InChI=1S/C12H21N/c1-5-13-10-8-9-6-7-12(10,4)11(9,2)3/h9H,5-8H2,1-4H3/t9-,12+/m0/s1. The molecule has 0 heterocycles. The predicted octanol–water partition coefficient (Wildman–Crippen LogP) is 3.29. The van der Waals surface area contributed by atoms with Crippen molar-refractivity contribution in [2.75, 3.05) is 6.54 Å². The van der Waals surface area contributed by atoms with E-state index in [2.05, 4.69) is 27.7 Å². The van der Waals surface area contributed by atoms with Crippen molar-refractivity contribution < 1.29 is 0 Å². The van der Waals surface area contributed by atoms with Gasteiger partial charge >= 0.3 is 0 Å². The van der Waals surface area contributed by atoms with Gasteiger partial charge in [0.1, 0.15) is 0 Å². The number of fused-ring (bicyclic) bond motifs is 2. The lowest BCUT2D eigenvalue weighted by atomic mass is 9.70. The molecule has 0 spiro atoms. The minimum absolute atomic E-state index is 0.424. The third-order valence-electron chi connectivity index (χ3n) is 4.86. The summed E-state index contributed by atoms with van der Waals surface area (Å²) in [7, 11) is 0. The first-order valence-electron chi connectivity index (χ1n) is 5.56.